The number of hydrogen-bond donors (Lipinski definition) is 0. The first-order valence-corrected chi connectivity index (χ1v) is 0. The van der Waals surface area contributed by atoms with E-state index in [0.29, 0.717) is 0 Å². The van der Waals surface area contributed by atoms with Crippen molar-refractivity contribution in [3.63, 3.8) is 0 Å². The van der Waals surface area contributed by atoms with Crippen LogP contribution in [0.4, 0.5) is 0 Å². The second-order valence-electron chi connectivity index (χ2n) is 0. The zero-order valence-electron chi connectivity index (χ0n) is 3.72. The number of rotatable bonds is 0. The fourth-order valence-electron chi connectivity index (χ4n) is 0. The van der Waals surface area contributed by atoms with Crippen LogP contribution in [0.15, 0.2) is 0 Å². The minimum absolute atomic E-state index is 0. The van der Waals surface area contributed by atoms with Crippen LogP contribution < -0.4 is 0 Å². The van der Waals surface area contributed by atoms with Crippen LogP contribution in [-0.2, 0) is 30.0 Å². The van der Waals surface area contributed by atoms with Crippen molar-refractivity contribution in [1.29, 1.82) is 0 Å². The third-order valence-electron chi connectivity index (χ3n) is 0. The number of hydrogen-bond acceptors (Lipinski definition) is 0. The zero-order valence-corrected chi connectivity index (χ0v) is 5.53. The van der Waals surface area contributed by atoms with Gasteiger partial charge in [-0.05, 0) is 0 Å². The van der Waals surface area contributed by atoms with Crippen LogP contribution in [0.1, 0.15) is 0 Å². The molecule has 12 N–H and O–H groups in total. The summed E-state index contributed by atoms with van der Waals surface area (Å²) in [5.41, 5.74) is 0. The van der Waals surface area contributed by atoms with Gasteiger partial charge < -0.3 is 46.4 Å². The van der Waals surface area contributed by atoms with E-state index in [0.717, 1.165) is 0 Å². The first-order valence-electron chi connectivity index (χ1n) is 0. The van der Waals surface area contributed by atoms with Crippen molar-refractivity contribution in [2.45, 2.75) is 0 Å². The molecule has 0 spiro atoms. The molecule has 0 aliphatic carbocycles. The Morgan fingerprint density at radius 1 is 0.375 bits per heavy atom. The summed E-state index contributed by atoms with van der Waals surface area (Å²) in [6.07, 6.45) is 0. The normalized spacial score (nSPS) is 0. The average Bonchev–Trinajstić information content (AvgIpc) is 0. The molecular formula is H12NiO6S. The minimum atomic E-state index is 0. The third-order valence-corrected chi connectivity index (χ3v) is 0. The quantitative estimate of drug-likeness (QED) is 0.338. The molecule has 0 rings (SSSR count). The summed E-state index contributed by atoms with van der Waals surface area (Å²) in [5, 5.41) is 0. The van der Waals surface area contributed by atoms with Gasteiger partial charge in [0.25, 0.3) is 0 Å². The molecule has 0 aromatic rings. The Balaban J connectivity index is 0. The molecule has 0 aliphatic heterocycles. The fraction of sp³-hybridized carbons (Fsp3) is 0. The van der Waals surface area contributed by atoms with E-state index in [4.69, 9.17) is 0 Å². The van der Waals surface area contributed by atoms with Crippen LogP contribution in [-0.4, -0.2) is 32.9 Å². The summed E-state index contributed by atoms with van der Waals surface area (Å²) in [5.74, 6) is 0. The molecule has 64 valence electrons. The van der Waals surface area contributed by atoms with Crippen LogP contribution in [0.3, 0.4) is 0 Å². The van der Waals surface area contributed by atoms with Crippen LogP contribution in [0, 0.1) is 0 Å². The van der Waals surface area contributed by atoms with Gasteiger partial charge >= 0.3 is 16.5 Å². The summed E-state index contributed by atoms with van der Waals surface area (Å²) in [7, 11) is 0. The van der Waals surface area contributed by atoms with Crippen LogP contribution in [0.2, 0.25) is 0 Å². The van der Waals surface area contributed by atoms with E-state index in [2.05, 4.69) is 0 Å². The standard InChI is InChI=1S/Ni.6H2O.S/h;6*1H2;/q+2;;;;;;;-2. The molecule has 0 bridgehead atoms. The Bertz CT molecular complexity index is 8.49. The van der Waals surface area contributed by atoms with Crippen LogP contribution in [0.25, 0.3) is 0 Å². The second-order valence-corrected chi connectivity index (χ2v) is 0. The average molecular weight is 199 g/mol. The monoisotopic (exact) mass is 198 g/mol. The molecule has 0 amide bonds. The van der Waals surface area contributed by atoms with Crippen molar-refractivity contribution in [1.82, 2.24) is 0 Å². The van der Waals surface area contributed by atoms with Crippen molar-refractivity contribution < 1.29 is 49.3 Å². The SMILES string of the molecule is O.O.O.O.O.O.[Ni+2].[S-2]. The van der Waals surface area contributed by atoms with E-state index < -0.39 is 0 Å². The van der Waals surface area contributed by atoms with Gasteiger partial charge in [0.2, 0.25) is 0 Å². The van der Waals surface area contributed by atoms with E-state index in [1.54, 1.807) is 0 Å². The third kappa shape index (κ3) is 569. The van der Waals surface area contributed by atoms with Crippen molar-refractivity contribution in [3.05, 3.63) is 0 Å². The Kier molecular flexibility index (Phi) is 155000. The van der Waals surface area contributed by atoms with Gasteiger partial charge in [0.15, 0.2) is 0 Å². The van der Waals surface area contributed by atoms with Gasteiger partial charge in [0.05, 0.1) is 0 Å². The van der Waals surface area contributed by atoms with Crippen molar-refractivity contribution in [2.75, 3.05) is 0 Å². The van der Waals surface area contributed by atoms with Gasteiger partial charge in [0.1, 0.15) is 0 Å². The maximum atomic E-state index is 0. The van der Waals surface area contributed by atoms with Gasteiger partial charge in [-0.3, -0.25) is 0 Å². The van der Waals surface area contributed by atoms with Gasteiger partial charge in [-0.2, -0.15) is 0 Å². The molecule has 0 saturated carbocycles. The first kappa shape index (κ1) is 1370. The van der Waals surface area contributed by atoms with E-state index in [1.807, 2.05) is 0 Å². The summed E-state index contributed by atoms with van der Waals surface area (Å²) < 4.78 is 0. The Labute approximate surface area is 63.5 Å². The largest absolute Gasteiger partial charge is 2.00 e. The molecule has 0 saturated heterocycles. The summed E-state index contributed by atoms with van der Waals surface area (Å²) in [6.45, 7) is 0. The van der Waals surface area contributed by atoms with Crippen molar-refractivity contribution in [3.8, 4) is 0 Å². The summed E-state index contributed by atoms with van der Waals surface area (Å²) >= 11 is 0. The van der Waals surface area contributed by atoms with Gasteiger partial charge in [-0.25, -0.2) is 0 Å². The molecule has 8 heteroatoms. The molecule has 0 unspecified atom stereocenters. The molecular weight excluding hydrogens is 187 g/mol. The summed E-state index contributed by atoms with van der Waals surface area (Å²) in [4.78, 5) is 0. The van der Waals surface area contributed by atoms with Crippen molar-refractivity contribution in [2.24, 2.45) is 0 Å². The Morgan fingerprint density at radius 2 is 0.375 bits per heavy atom. The second kappa shape index (κ2) is 910. The molecule has 6 nitrogen and oxygen atoms in total. The summed E-state index contributed by atoms with van der Waals surface area (Å²) in [6, 6.07) is 0. The molecule has 0 heterocycles. The van der Waals surface area contributed by atoms with Crippen LogP contribution in [0.5, 0.6) is 0 Å². The maximum absolute atomic E-state index is 0. The van der Waals surface area contributed by atoms with Crippen LogP contribution >= 0.6 is 0 Å². The predicted molar refractivity (Wildman–Crippen MR) is 29.0 cm³/mol. The van der Waals surface area contributed by atoms with E-state index in [9.17, 15) is 0 Å². The molecule has 0 fully saturated rings. The van der Waals surface area contributed by atoms with Gasteiger partial charge in [-0.15, -0.1) is 0 Å². The van der Waals surface area contributed by atoms with E-state index in [-0.39, 0.29) is 62.8 Å². The molecule has 0 aromatic heterocycles. The zero-order chi connectivity index (χ0) is 0. The van der Waals surface area contributed by atoms with E-state index in [1.165, 1.54) is 0 Å². The first-order chi connectivity index (χ1) is 0. The topological polar surface area (TPSA) is 189 Å². The molecule has 8 heavy (non-hydrogen) atoms. The molecule has 0 aliphatic rings. The smallest absolute Gasteiger partial charge is 2.00 e. The molecule has 0 radical (unpaired) electrons. The Morgan fingerprint density at radius 3 is 0.375 bits per heavy atom. The van der Waals surface area contributed by atoms with E-state index >= 15 is 0 Å². The van der Waals surface area contributed by atoms with Crippen molar-refractivity contribution >= 4 is 13.5 Å². The Hall–Kier alpha value is 0.604. The predicted octanol–water partition coefficient (Wildman–Crippen LogP) is -4.95. The van der Waals surface area contributed by atoms with Gasteiger partial charge in [0, 0.05) is 0 Å². The fourth-order valence-corrected chi connectivity index (χ4v) is 0. The molecule has 0 aromatic carbocycles. The maximum Gasteiger partial charge on any atom is 2.00 e. The van der Waals surface area contributed by atoms with Gasteiger partial charge in [-0.1, -0.05) is 0 Å². The minimum Gasteiger partial charge on any atom is -2.00 e. The molecule has 0 atom stereocenters.